The number of methoxy groups -OCH3 is 1. The highest BCUT2D eigenvalue weighted by atomic mass is 16.5. The van der Waals surface area contributed by atoms with E-state index in [-0.39, 0.29) is 12.7 Å². The van der Waals surface area contributed by atoms with Crippen molar-refractivity contribution in [2.45, 2.75) is 31.9 Å². The van der Waals surface area contributed by atoms with Crippen LogP contribution >= 0.6 is 0 Å². The van der Waals surface area contributed by atoms with E-state index in [2.05, 4.69) is 11.8 Å². The third-order valence-electron chi connectivity index (χ3n) is 2.60. The van der Waals surface area contributed by atoms with Crippen LogP contribution in [0.4, 0.5) is 0 Å². The molecule has 0 aromatic rings. The molecular formula is C9H19NO2. The lowest BCUT2D eigenvalue weighted by Crippen LogP contribution is -2.37. The molecule has 0 radical (unpaired) electrons. The Hall–Kier alpha value is -0.120. The van der Waals surface area contributed by atoms with Gasteiger partial charge in [0.2, 0.25) is 0 Å². The van der Waals surface area contributed by atoms with E-state index in [0.29, 0.717) is 6.04 Å². The third kappa shape index (κ3) is 2.44. The number of nitrogens with zero attached hydrogens (tertiary/aromatic N) is 1. The van der Waals surface area contributed by atoms with Gasteiger partial charge in [0.1, 0.15) is 0 Å². The predicted octanol–water partition coefficient (Wildman–Crippen LogP) is 0.478. The summed E-state index contributed by atoms with van der Waals surface area (Å²) in [5, 5.41) is 9.04. The summed E-state index contributed by atoms with van der Waals surface area (Å²) in [6, 6.07) is 0.377. The topological polar surface area (TPSA) is 32.7 Å². The lowest BCUT2D eigenvalue weighted by molar-refractivity contribution is 0.0605. The van der Waals surface area contributed by atoms with Crippen LogP contribution in [0.15, 0.2) is 0 Å². The Kier molecular flexibility index (Phi) is 3.98. The van der Waals surface area contributed by atoms with Crippen molar-refractivity contribution in [3.05, 3.63) is 0 Å². The fourth-order valence-electron chi connectivity index (χ4n) is 1.75. The molecule has 3 nitrogen and oxygen atoms in total. The van der Waals surface area contributed by atoms with Crippen molar-refractivity contribution in [1.29, 1.82) is 0 Å². The zero-order valence-electron chi connectivity index (χ0n) is 7.99. The Morgan fingerprint density at radius 1 is 1.67 bits per heavy atom. The second-order valence-electron chi connectivity index (χ2n) is 3.52. The van der Waals surface area contributed by atoms with E-state index in [1.54, 1.807) is 7.11 Å². The number of hydrogen-bond donors (Lipinski definition) is 1. The summed E-state index contributed by atoms with van der Waals surface area (Å²) in [5.41, 5.74) is 0. The van der Waals surface area contributed by atoms with Crippen LogP contribution in [-0.2, 0) is 4.74 Å². The monoisotopic (exact) mass is 173 g/mol. The summed E-state index contributed by atoms with van der Waals surface area (Å²) in [4.78, 5) is 2.31. The van der Waals surface area contributed by atoms with E-state index in [1.165, 1.54) is 6.42 Å². The molecule has 72 valence electrons. The zero-order valence-corrected chi connectivity index (χ0v) is 7.99. The van der Waals surface area contributed by atoms with E-state index >= 15 is 0 Å². The Balaban J connectivity index is 2.30. The molecule has 0 spiro atoms. The third-order valence-corrected chi connectivity index (χ3v) is 2.60. The van der Waals surface area contributed by atoms with Crippen LogP contribution in [0.25, 0.3) is 0 Å². The van der Waals surface area contributed by atoms with Gasteiger partial charge in [-0.25, -0.2) is 0 Å². The SMILES string of the molecule is COC(C)CN1CCCC1CO. The average molecular weight is 173 g/mol. The van der Waals surface area contributed by atoms with Crippen LogP contribution in [0.3, 0.4) is 0 Å². The fraction of sp³-hybridized carbons (Fsp3) is 1.00. The molecule has 0 saturated carbocycles. The molecular weight excluding hydrogens is 154 g/mol. The first kappa shape index (κ1) is 9.96. The van der Waals surface area contributed by atoms with Crippen LogP contribution in [-0.4, -0.2) is 49.0 Å². The molecule has 1 fully saturated rings. The van der Waals surface area contributed by atoms with E-state index in [1.807, 2.05) is 0 Å². The molecule has 1 N–H and O–H groups in total. The molecule has 1 heterocycles. The van der Waals surface area contributed by atoms with Gasteiger partial charge in [-0.1, -0.05) is 0 Å². The second kappa shape index (κ2) is 4.80. The van der Waals surface area contributed by atoms with Crippen molar-refractivity contribution < 1.29 is 9.84 Å². The number of ether oxygens (including phenoxy) is 1. The van der Waals surface area contributed by atoms with Gasteiger partial charge in [0, 0.05) is 19.7 Å². The van der Waals surface area contributed by atoms with Crippen LogP contribution in [0.1, 0.15) is 19.8 Å². The Bertz CT molecular complexity index is 130. The molecule has 2 unspecified atom stereocenters. The van der Waals surface area contributed by atoms with Gasteiger partial charge in [-0.2, -0.15) is 0 Å². The van der Waals surface area contributed by atoms with Crippen LogP contribution in [0.2, 0.25) is 0 Å². The van der Waals surface area contributed by atoms with Crippen molar-refractivity contribution in [1.82, 2.24) is 4.90 Å². The summed E-state index contributed by atoms with van der Waals surface area (Å²) in [5.74, 6) is 0. The largest absolute Gasteiger partial charge is 0.395 e. The summed E-state index contributed by atoms with van der Waals surface area (Å²) in [6.07, 6.45) is 2.62. The molecule has 2 atom stereocenters. The van der Waals surface area contributed by atoms with E-state index in [0.717, 1.165) is 19.5 Å². The van der Waals surface area contributed by atoms with Gasteiger partial charge in [-0.15, -0.1) is 0 Å². The van der Waals surface area contributed by atoms with Gasteiger partial charge in [0.25, 0.3) is 0 Å². The number of likely N-dealkylation sites (tertiary alicyclic amines) is 1. The normalized spacial score (nSPS) is 27.8. The maximum atomic E-state index is 9.04. The van der Waals surface area contributed by atoms with Crippen molar-refractivity contribution in [3.63, 3.8) is 0 Å². The minimum atomic E-state index is 0.275. The summed E-state index contributed by atoms with van der Waals surface area (Å²) in [6.45, 7) is 4.41. The summed E-state index contributed by atoms with van der Waals surface area (Å²) >= 11 is 0. The maximum Gasteiger partial charge on any atom is 0.0670 e. The van der Waals surface area contributed by atoms with Crippen LogP contribution in [0, 0.1) is 0 Å². The molecule has 0 bridgehead atoms. The zero-order chi connectivity index (χ0) is 8.97. The summed E-state index contributed by atoms with van der Waals surface area (Å²) in [7, 11) is 1.73. The minimum Gasteiger partial charge on any atom is -0.395 e. The highest BCUT2D eigenvalue weighted by Crippen LogP contribution is 2.16. The van der Waals surface area contributed by atoms with Gasteiger partial charge >= 0.3 is 0 Å². The van der Waals surface area contributed by atoms with Crippen molar-refractivity contribution >= 4 is 0 Å². The first-order valence-corrected chi connectivity index (χ1v) is 4.65. The Morgan fingerprint density at radius 3 is 3.00 bits per heavy atom. The lowest BCUT2D eigenvalue weighted by atomic mass is 10.2. The molecule has 1 rings (SSSR count). The average Bonchev–Trinajstić information content (AvgIpc) is 2.51. The maximum absolute atomic E-state index is 9.04. The number of rotatable bonds is 4. The molecule has 3 heteroatoms. The quantitative estimate of drug-likeness (QED) is 0.671. The molecule has 0 aromatic heterocycles. The molecule has 1 saturated heterocycles. The molecule has 1 aliphatic rings. The molecule has 1 aliphatic heterocycles. The van der Waals surface area contributed by atoms with Crippen molar-refractivity contribution in [2.75, 3.05) is 26.8 Å². The Morgan fingerprint density at radius 2 is 2.42 bits per heavy atom. The molecule has 0 aromatic carbocycles. The van der Waals surface area contributed by atoms with Crippen LogP contribution in [0.5, 0.6) is 0 Å². The Labute approximate surface area is 74.3 Å². The van der Waals surface area contributed by atoms with Crippen molar-refractivity contribution in [3.8, 4) is 0 Å². The van der Waals surface area contributed by atoms with E-state index in [4.69, 9.17) is 9.84 Å². The van der Waals surface area contributed by atoms with Gasteiger partial charge in [-0.05, 0) is 26.3 Å². The molecule has 12 heavy (non-hydrogen) atoms. The smallest absolute Gasteiger partial charge is 0.0670 e. The number of hydrogen-bond acceptors (Lipinski definition) is 3. The van der Waals surface area contributed by atoms with Gasteiger partial charge in [0.15, 0.2) is 0 Å². The first-order chi connectivity index (χ1) is 5.77. The first-order valence-electron chi connectivity index (χ1n) is 4.65. The van der Waals surface area contributed by atoms with Crippen LogP contribution < -0.4 is 0 Å². The second-order valence-corrected chi connectivity index (χ2v) is 3.52. The standard InChI is InChI=1S/C9H19NO2/c1-8(12-2)6-10-5-3-4-9(10)7-11/h8-9,11H,3-7H2,1-2H3. The minimum absolute atomic E-state index is 0.275. The predicted molar refractivity (Wildman–Crippen MR) is 48.2 cm³/mol. The lowest BCUT2D eigenvalue weighted by Gasteiger charge is -2.25. The van der Waals surface area contributed by atoms with Gasteiger partial charge < -0.3 is 9.84 Å². The van der Waals surface area contributed by atoms with E-state index < -0.39 is 0 Å². The van der Waals surface area contributed by atoms with E-state index in [9.17, 15) is 0 Å². The molecule has 0 aliphatic carbocycles. The van der Waals surface area contributed by atoms with Gasteiger partial charge in [0.05, 0.1) is 12.7 Å². The fourth-order valence-corrected chi connectivity index (χ4v) is 1.75. The molecule has 0 amide bonds. The van der Waals surface area contributed by atoms with Gasteiger partial charge in [-0.3, -0.25) is 4.90 Å². The summed E-state index contributed by atoms with van der Waals surface area (Å²) < 4.78 is 5.18. The number of aliphatic hydroxyl groups excluding tert-OH is 1. The number of aliphatic hydroxyl groups is 1. The highest BCUT2D eigenvalue weighted by molar-refractivity contribution is 4.79. The van der Waals surface area contributed by atoms with Crippen molar-refractivity contribution in [2.24, 2.45) is 0 Å². The highest BCUT2D eigenvalue weighted by Gasteiger charge is 2.24.